The first kappa shape index (κ1) is 22.9. The van der Waals surface area contributed by atoms with Crippen molar-refractivity contribution in [2.75, 3.05) is 26.7 Å². The van der Waals surface area contributed by atoms with Crippen LogP contribution < -0.4 is 10.1 Å². The van der Waals surface area contributed by atoms with Crippen molar-refractivity contribution >= 4 is 34.9 Å². The van der Waals surface area contributed by atoms with E-state index in [1.54, 1.807) is 12.1 Å². The zero-order valence-electron chi connectivity index (χ0n) is 18.9. The smallest absolute Gasteiger partial charge is 0.399 e. The normalized spacial score (nSPS) is 20.1. The van der Waals surface area contributed by atoms with Crippen molar-refractivity contribution in [2.24, 2.45) is 0 Å². The third-order valence-electron chi connectivity index (χ3n) is 6.54. The van der Waals surface area contributed by atoms with Gasteiger partial charge in [-0.15, -0.1) is 0 Å². The molecule has 8 heteroatoms. The summed E-state index contributed by atoms with van der Waals surface area (Å²) in [5, 5.41) is 3.41. The predicted octanol–water partition coefficient (Wildman–Crippen LogP) is 4.79. The molecule has 0 bridgehead atoms. The number of nitrogens with one attached hydrogen (secondary N) is 1. The number of nitrogens with zero attached hydrogens (tertiary/aromatic N) is 2. The minimum atomic E-state index is -0.545. The maximum Gasteiger partial charge on any atom is 0.413 e. The zero-order valence-corrected chi connectivity index (χ0v) is 20.4. The largest absolute Gasteiger partial charge is 0.413 e. The van der Waals surface area contributed by atoms with Gasteiger partial charge in [0.15, 0.2) is 5.06 Å². The first-order chi connectivity index (χ1) is 16.5. The molecule has 2 amide bonds. The number of thiophene rings is 1. The average molecular weight is 496 g/mol. The quantitative estimate of drug-likeness (QED) is 0.565. The minimum Gasteiger partial charge on any atom is -0.399 e. The highest BCUT2D eigenvalue weighted by molar-refractivity contribution is 7.17. The molecule has 0 aliphatic carbocycles. The van der Waals surface area contributed by atoms with Gasteiger partial charge in [0.25, 0.3) is 5.91 Å². The molecule has 3 heterocycles. The van der Waals surface area contributed by atoms with Crippen LogP contribution in [0.3, 0.4) is 0 Å². The Labute approximate surface area is 208 Å². The Bertz CT molecular complexity index is 1200. The number of benzene rings is 2. The van der Waals surface area contributed by atoms with Crippen molar-refractivity contribution in [2.45, 2.75) is 24.9 Å². The molecule has 2 aromatic carbocycles. The lowest BCUT2D eigenvalue weighted by Gasteiger charge is -2.25. The molecule has 1 N–H and O–H groups in total. The summed E-state index contributed by atoms with van der Waals surface area (Å²) < 4.78 is 5.96. The number of rotatable bonds is 4. The van der Waals surface area contributed by atoms with E-state index in [0.29, 0.717) is 28.1 Å². The van der Waals surface area contributed by atoms with Crippen molar-refractivity contribution < 1.29 is 14.3 Å². The highest BCUT2D eigenvalue weighted by atomic mass is 35.5. The molecule has 1 fully saturated rings. The first-order valence-corrected chi connectivity index (χ1v) is 12.5. The van der Waals surface area contributed by atoms with Crippen LogP contribution in [-0.4, -0.2) is 54.5 Å². The lowest BCUT2D eigenvalue weighted by atomic mass is 9.94. The number of amides is 2. The maximum absolute atomic E-state index is 13.5. The molecule has 0 spiro atoms. The van der Waals surface area contributed by atoms with Crippen molar-refractivity contribution in [1.29, 1.82) is 0 Å². The molecule has 3 aromatic rings. The Morgan fingerprint density at radius 3 is 2.65 bits per heavy atom. The van der Waals surface area contributed by atoms with Crippen LogP contribution in [0, 0.1) is 0 Å². The van der Waals surface area contributed by atoms with Crippen LogP contribution in [0.15, 0.2) is 60.7 Å². The number of likely N-dealkylation sites (tertiary alicyclic amines) is 1. The molecule has 1 aromatic heterocycles. The lowest BCUT2D eigenvalue weighted by molar-refractivity contribution is 0.0787. The Morgan fingerprint density at radius 2 is 1.88 bits per heavy atom. The summed E-state index contributed by atoms with van der Waals surface area (Å²) in [6.07, 6.45) is 0.402. The van der Waals surface area contributed by atoms with Gasteiger partial charge in [-0.25, -0.2) is 4.79 Å². The third-order valence-corrected chi connectivity index (χ3v) is 7.65. The molecular weight excluding hydrogens is 470 g/mol. The molecule has 2 aliphatic rings. The summed E-state index contributed by atoms with van der Waals surface area (Å²) in [6.45, 7) is 2.85. The summed E-state index contributed by atoms with van der Waals surface area (Å²) >= 11 is 7.14. The van der Waals surface area contributed by atoms with Gasteiger partial charge in [0.05, 0.1) is 10.4 Å². The number of ether oxygens (including phenoxy) is 1. The first-order valence-electron chi connectivity index (χ1n) is 11.3. The van der Waals surface area contributed by atoms with E-state index in [-0.39, 0.29) is 17.9 Å². The molecule has 6 nitrogen and oxygen atoms in total. The molecule has 5 rings (SSSR count). The standard InChI is InChI=1S/C26H26ClN3O3S/c1-29-12-11-18-13-19(7-8-20(18)14-29)25(31)30-15-21(17-5-3-2-4-6-17)22(16-30)28-26(32)33-24-10-9-23(27)34-24/h2-10,13,21-22H,11-12,14-16H2,1H3,(H,28,32). The summed E-state index contributed by atoms with van der Waals surface area (Å²) in [5.74, 6) is -0.0405. The van der Waals surface area contributed by atoms with Crippen molar-refractivity contribution in [1.82, 2.24) is 15.1 Å². The van der Waals surface area contributed by atoms with Crippen molar-refractivity contribution in [3.8, 4) is 5.06 Å². The maximum atomic E-state index is 13.5. The molecule has 2 unspecified atom stereocenters. The number of carbonyl (C=O) groups excluding carboxylic acids is 2. The highest BCUT2D eigenvalue weighted by Gasteiger charge is 2.38. The number of likely N-dealkylation sites (N-methyl/N-ethyl adjacent to an activating group) is 1. The second-order valence-electron chi connectivity index (χ2n) is 8.90. The summed E-state index contributed by atoms with van der Waals surface area (Å²) in [5.41, 5.74) is 4.31. The van der Waals surface area contributed by atoms with Crippen LogP contribution in [0.5, 0.6) is 5.06 Å². The van der Waals surface area contributed by atoms with Gasteiger partial charge in [-0.05, 0) is 54.4 Å². The van der Waals surface area contributed by atoms with Crippen LogP contribution in [0.2, 0.25) is 4.34 Å². The molecular formula is C26H26ClN3O3S. The van der Waals surface area contributed by atoms with E-state index >= 15 is 0 Å². The van der Waals surface area contributed by atoms with E-state index in [2.05, 4.69) is 23.3 Å². The van der Waals surface area contributed by atoms with E-state index in [1.807, 2.05) is 47.4 Å². The summed E-state index contributed by atoms with van der Waals surface area (Å²) in [7, 11) is 2.11. The Balaban J connectivity index is 1.33. The van der Waals surface area contributed by atoms with Crippen molar-refractivity contribution in [3.63, 3.8) is 0 Å². The molecule has 0 radical (unpaired) electrons. The van der Waals surface area contributed by atoms with Crippen LogP contribution in [-0.2, 0) is 13.0 Å². The van der Waals surface area contributed by atoms with E-state index in [9.17, 15) is 9.59 Å². The van der Waals surface area contributed by atoms with Gasteiger partial charge in [-0.2, -0.15) is 0 Å². The van der Waals surface area contributed by atoms with Crippen LogP contribution in [0.1, 0.15) is 33.0 Å². The second-order valence-corrected chi connectivity index (χ2v) is 10.6. The summed E-state index contributed by atoms with van der Waals surface area (Å²) in [4.78, 5) is 30.2. The van der Waals surface area contributed by atoms with Gasteiger partial charge >= 0.3 is 6.09 Å². The number of halogens is 1. The minimum absolute atomic E-state index is 0.00892. The number of hydrogen-bond donors (Lipinski definition) is 1. The van der Waals surface area contributed by atoms with E-state index in [0.717, 1.165) is 25.1 Å². The Kier molecular flexibility index (Phi) is 6.59. The van der Waals surface area contributed by atoms with Gasteiger partial charge in [0.2, 0.25) is 0 Å². The molecule has 1 saturated heterocycles. The van der Waals surface area contributed by atoms with Gasteiger partial charge < -0.3 is 19.9 Å². The fraction of sp³-hybridized carbons (Fsp3) is 0.308. The third kappa shape index (κ3) is 4.97. The Morgan fingerprint density at radius 1 is 1.06 bits per heavy atom. The van der Waals surface area contributed by atoms with Gasteiger partial charge in [-0.3, -0.25) is 4.79 Å². The average Bonchev–Trinajstić information content (AvgIpc) is 3.44. The van der Waals surface area contributed by atoms with Crippen LogP contribution in [0.4, 0.5) is 4.79 Å². The van der Waals surface area contributed by atoms with Crippen LogP contribution >= 0.6 is 22.9 Å². The van der Waals surface area contributed by atoms with Crippen LogP contribution in [0.25, 0.3) is 0 Å². The van der Waals surface area contributed by atoms with E-state index < -0.39 is 6.09 Å². The van der Waals surface area contributed by atoms with E-state index in [4.69, 9.17) is 16.3 Å². The topological polar surface area (TPSA) is 61.9 Å². The monoisotopic (exact) mass is 495 g/mol. The Hall–Kier alpha value is -2.87. The van der Waals surface area contributed by atoms with Gasteiger partial charge in [0, 0.05) is 37.7 Å². The van der Waals surface area contributed by atoms with E-state index in [1.165, 1.54) is 22.5 Å². The van der Waals surface area contributed by atoms with Crippen molar-refractivity contribution in [3.05, 3.63) is 87.3 Å². The highest BCUT2D eigenvalue weighted by Crippen LogP contribution is 2.31. The SMILES string of the molecule is CN1CCc2cc(C(=O)N3CC(NC(=O)Oc4ccc(Cl)s4)C(c4ccccc4)C3)ccc2C1. The molecule has 176 valence electrons. The molecule has 34 heavy (non-hydrogen) atoms. The van der Waals surface area contributed by atoms with Gasteiger partial charge in [-0.1, -0.05) is 59.3 Å². The number of carbonyl (C=O) groups is 2. The number of fused-ring (bicyclic) bond motifs is 1. The number of hydrogen-bond acceptors (Lipinski definition) is 5. The molecule has 2 aliphatic heterocycles. The van der Waals surface area contributed by atoms with Gasteiger partial charge in [0.1, 0.15) is 0 Å². The fourth-order valence-corrected chi connectivity index (χ4v) is 5.66. The second kappa shape index (κ2) is 9.78. The zero-order chi connectivity index (χ0) is 23.7. The fourth-order valence-electron chi connectivity index (χ4n) is 4.79. The molecule has 2 atom stereocenters. The predicted molar refractivity (Wildman–Crippen MR) is 134 cm³/mol. The lowest BCUT2D eigenvalue weighted by Crippen LogP contribution is -2.41. The molecule has 0 saturated carbocycles. The summed E-state index contributed by atoms with van der Waals surface area (Å²) in [6, 6.07) is 19.1.